The molecule has 0 bridgehead atoms. The first-order valence-corrected chi connectivity index (χ1v) is 10.1. The van der Waals surface area contributed by atoms with E-state index in [9.17, 15) is 13.2 Å². The van der Waals surface area contributed by atoms with Crippen LogP contribution in [-0.2, 0) is 27.8 Å². The smallest absolute Gasteiger partial charge is 0.229 e. The van der Waals surface area contributed by atoms with E-state index in [0.29, 0.717) is 17.3 Å². The number of carbonyl (C=O) groups excluding carboxylic acids is 1. The summed E-state index contributed by atoms with van der Waals surface area (Å²) >= 11 is 0. The van der Waals surface area contributed by atoms with Crippen molar-refractivity contribution in [2.45, 2.75) is 13.0 Å². The van der Waals surface area contributed by atoms with Crippen LogP contribution in [0.4, 0.5) is 5.69 Å². The number of aromatic nitrogens is 1. The molecule has 1 aromatic heterocycles. The van der Waals surface area contributed by atoms with Gasteiger partial charge in [0.2, 0.25) is 21.8 Å². The maximum absolute atomic E-state index is 12.1. The van der Waals surface area contributed by atoms with Gasteiger partial charge in [-0.15, -0.1) is 0 Å². The topological polar surface area (TPSA) is 101 Å². The number of anilines is 1. The maximum Gasteiger partial charge on any atom is 0.229 e. The molecular formula is C19H19N3O4S. The summed E-state index contributed by atoms with van der Waals surface area (Å²) in [5.74, 6) is 0.266. The Balaban J connectivity index is 1.56. The van der Waals surface area contributed by atoms with Crippen molar-refractivity contribution in [1.82, 2.24) is 10.3 Å². The van der Waals surface area contributed by atoms with Crippen LogP contribution in [0.5, 0.6) is 0 Å². The van der Waals surface area contributed by atoms with Crippen molar-refractivity contribution in [2.24, 2.45) is 0 Å². The van der Waals surface area contributed by atoms with E-state index >= 15 is 0 Å². The first-order chi connectivity index (χ1) is 12.9. The molecule has 0 radical (unpaired) electrons. The molecule has 0 aliphatic carbocycles. The third kappa shape index (κ3) is 5.68. The summed E-state index contributed by atoms with van der Waals surface area (Å²) in [5.41, 5.74) is 2.62. The maximum atomic E-state index is 12.1. The zero-order valence-corrected chi connectivity index (χ0v) is 15.5. The Morgan fingerprint density at radius 2 is 1.89 bits per heavy atom. The molecule has 2 aromatic carbocycles. The highest BCUT2D eigenvalue weighted by atomic mass is 32.2. The van der Waals surface area contributed by atoms with Gasteiger partial charge in [0.25, 0.3) is 0 Å². The minimum absolute atomic E-state index is 0.0949. The average molecular weight is 385 g/mol. The van der Waals surface area contributed by atoms with Crippen molar-refractivity contribution in [3.05, 3.63) is 72.1 Å². The molecule has 3 rings (SSSR count). The van der Waals surface area contributed by atoms with E-state index in [1.807, 2.05) is 30.3 Å². The van der Waals surface area contributed by atoms with Gasteiger partial charge in [-0.2, -0.15) is 0 Å². The molecule has 140 valence electrons. The Kier molecular flexibility index (Phi) is 5.56. The summed E-state index contributed by atoms with van der Waals surface area (Å²) in [7, 11) is -3.34. The Morgan fingerprint density at radius 1 is 1.11 bits per heavy atom. The first-order valence-electron chi connectivity index (χ1n) is 8.22. The number of carbonyl (C=O) groups is 1. The lowest BCUT2D eigenvalue weighted by Gasteiger charge is -2.08. The van der Waals surface area contributed by atoms with Crippen molar-refractivity contribution in [3.8, 4) is 11.5 Å². The molecule has 0 saturated carbocycles. The predicted octanol–water partition coefficient (Wildman–Crippen LogP) is 2.57. The van der Waals surface area contributed by atoms with E-state index in [0.717, 1.165) is 17.4 Å². The highest BCUT2D eigenvalue weighted by molar-refractivity contribution is 7.92. The second-order valence-electron chi connectivity index (χ2n) is 6.04. The average Bonchev–Trinajstić information content (AvgIpc) is 3.08. The molecule has 0 aliphatic rings. The highest BCUT2D eigenvalue weighted by Gasteiger charge is 2.10. The predicted molar refractivity (Wildman–Crippen MR) is 102 cm³/mol. The summed E-state index contributed by atoms with van der Waals surface area (Å²) in [4.78, 5) is 16.5. The number of nitrogens with one attached hydrogen (secondary N) is 2. The number of hydrogen-bond acceptors (Lipinski definition) is 5. The first kappa shape index (κ1) is 18.7. The normalized spacial score (nSPS) is 11.1. The Hall–Kier alpha value is -3.13. The molecule has 0 fully saturated rings. The Morgan fingerprint density at radius 3 is 2.63 bits per heavy atom. The van der Waals surface area contributed by atoms with Crippen molar-refractivity contribution in [2.75, 3.05) is 11.0 Å². The standard InChI is InChI=1S/C19H19N3O4S/c1-27(24,25)22-16-9-5-6-14(10-16)12-20-18(23)11-17-13-26-19(21-17)15-7-3-2-4-8-15/h2-10,13,22H,11-12H2,1H3,(H,20,23). The summed E-state index contributed by atoms with van der Waals surface area (Å²) in [6.07, 6.45) is 2.65. The molecule has 1 amide bonds. The minimum Gasteiger partial charge on any atom is -0.444 e. The molecule has 0 unspecified atom stereocenters. The molecule has 7 nitrogen and oxygen atoms in total. The minimum atomic E-state index is -3.34. The highest BCUT2D eigenvalue weighted by Crippen LogP contribution is 2.18. The van der Waals surface area contributed by atoms with Crippen LogP contribution in [0.3, 0.4) is 0 Å². The van der Waals surface area contributed by atoms with E-state index in [1.165, 1.54) is 6.26 Å². The van der Waals surface area contributed by atoms with E-state index in [2.05, 4.69) is 15.0 Å². The number of benzene rings is 2. The lowest BCUT2D eigenvalue weighted by atomic mass is 10.2. The van der Waals surface area contributed by atoms with Crippen LogP contribution in [-0.4, -0.2) is 25.6 Å². The van der Waals surface area contributed by atoms with Crippen molar-refractivity contribution >= 4 is 21.6 Å². The summed E-state index contributed by atoms with van der Waals surface area (Å²) in [6, 6.07) is 16.3. The fourth-order valence-electron chi connectivity index (χ4n) is 2.49. The molecular weight excluding hydrogens is 366 g/mol. The second kappa shape index (κ2) is 8.05. The van der Waals surface area contributed by atoms with Crippen molar-refractivity contribution in [3.63, 3.8) is 0 Å². The number of nitrogens with zero attached hydrogens (tertiary/aromatic N) is 1. The summed E-state index contributed by atoms with van der Waals surface area (Å²) in [5, 5.41) is 2.79. The number of oxazole rings is 1. The van der Waals surface area contributed by atoms with Gasteiger partial charge in [0.15, 0.2) is 0 Å². The third-order valence-electron chi connectivity index (χ3n) is 3.63. The molecule has 2 N–H and O–H groups in total. The van der Waals surface area contributed by atoms with Crippen LogP contribution < -0.4 is 10.0 Å². The molecule has 0 atom stereocenters. The molecule has 27 heavy (non-hydrogen) atoms. The van der Waals surface area contributed by atoms with Gasteiger partial charge in [-0.1, -0.05) is 30.3 Å². The Bertz CT molecular complexity index is 1030. The number of amides is 1. The molecule has 1 heterocycles. The van der Waals surface area contributed by atoms with Gasteiger partial charge >= 0.3 is 0 Å². The van der Waals surface area contributed by atoms with Crippen LogP contribution in [0.2, 0.25) is 0 Å². The third-order valence-corrected chi connectivity index (χ3v) is 4.24. The van der Waals surface area contributed by atoms with Gasteiger partial charge < -0.3 is 9.73 Å². The second-order valence-corrected chi connectivity index (χ2v) is 7.79. The van der Waals surface area contributed by atoms with Gasteiger partial charge in [0.05, 0.1) is 18.4 Å². The quantitative estimate of drug-likeness (QED) is 0.651. The van der Waals surface area contributed by atoms with Crippen LogP contribution in [0.15, 0.2) is 65.3 Å². The molecule has 0 saturated heterocycles. The van der Waals surface area contributed by atoms with Gasteiger partial charge in [-0.25, -0.2) is 13.4 Å². The van der Waals surface area contributed by atoms with Crippen molar-refractivity contribution in [1.29, 1.82) is 0 Å². The summed E-state index contributed by atoms with van der Waals surface area (Å²) in [6.45, 7) is 0.279. The molecule has 0 aliphatic heterocycles. The zero-order chi connectivity index (χ0) is 19.3. The van der Waals surface area contributed by atoms with Gasteiger partial charge in [-0.05, 0) is 29.8 Å². The SMILES string of the molecule is CS(=O)(=O)Nc1cccc(CNC(=O)Cc2coc(-c3ccccc3)n2)c1. The largest absolute Gasteiger partial charge is 0.444 e. The lowest BCUT2D eigenvalue weighted by Crippen LogP contribution is -2.24. The molecule has 3 aromatic rings. The van der Waals surface area contributed by atoms with Crippen molar-refractivity contribution < 1.29 is 17.6 Å². The van der Waals surface area contributed by atoms with Gasteiger partial charge in [-0.3, -0.25) is 9.52 Å². The van der Waals surface area contributed by atoms with Crippen LogP contribution >= 0.6 is 0 Å². The summed E-state index contributed by atoms with van der Waals surface area (Å²) < 4.78 is 30.4. The Labute approximate surface area is 157 Å². The van der Waals surface area contributed by atoms with Gasteiger partial charge in [0.1, 0.15) is 6.26 Å². The number of sulfonamides is 1. The monoisotopic (exact) mass is 385 g/mol. The lowest BCUT2D eigenvalue weighted by molar-refractivity contribution is -0.120. The number of rotatable bonds is 7. The van der Waals surface area contributed by atoms with Crippen LogP contribution in [0.25, 0.3) is 11.5 Å². The number of hydrogen-bond donors (Lipinski definition) is 2. The fourth-order valence-corrected chi connectivity index (χ4v) is 3.04. The van der Waals surface area contributed by atoms with Crippen LogP contribution in [0.1, 0.15) is 11.3 Å². The van der Waals surface area contributed by atoms with Crippen LogP contribution in [0, 0.1) is 0 Å². The molecule has 8 heteroatoms. The fraction of sp³-hybridized carbons (Fsp3) is 0.158. The van der Waals surface area contributed by atoms with E-state index < -0.39 is 10.0 Å². The van der Waals surface area contributed by atoms with E-state index in [-0.39, 0.29) is 18.9 Å². The van der Waals surface area contributed by atoms with E-state index in [1.54, 1.807) is 24.3 Å². The van der Waals surface area contributed by atoms with E-state index in [4.69, 9.17) is 4.42 Å². The zero-order valence-electron chi connectivity index (χ0n) is 14.7. The molecule has 0 spiro atoms. The van der Waals surface area contributed by atoms with Gasteiger partial charge in [0, 0.05) is 17.8 Å².